The van der Waals surface area contributed by atoms with E-state index < -0.39 is 11.4 Å². The van der Waals surface area contributed by atoms with Crippen LogP contribution in [0.25, 0.3) is 10.2 Å². The highest BCUT2D eigenvalue weighted by atomic mass is 35.5. The van der Waals surface area contributed by atoms with Crippen molar-refractivity contribution in [1.29, 1.82) is 0 Å². The summed E-state index contributed by atoms with van der Waals surface area (Å²) in [4.78, 5) is 29.1. The van der Waals surface area contributed by atoms with Gasteiger partial charge in [-0.25, -0.2) is 4.98 Å². The van der Waals surface area contributed by atoms with Gasteiger partial charge in [0.05, 0.1) is 38.6 Å². The molecule has 0 unspecified atom stereocenters. The van der Waals surface area contributed by atoms with Crippen molar-refractivity contribution in [3.63, 3.8) is 0 Å². The van der Waals surface area contributed by atoms with Crippen LogP contribution in [0.3, 0.4) is 0 Å². The number of carboxylic acids is 1. The Balaban J connectivity index is 1.56. The van der Waals surface area contributed by atoms with Crippen LogP contribution in [0, 0.1) is 5.41 Å². The minimum absolute atomic E-state index is 0.261. The molecule has 0 aliphatic heterocycles. The number of aromatic nitrogens is 1. The van der Waals surface area contributed by atoms with Crippen LogP contribution in [-0.2, 0) is 29.0 Å². The molecule has 1 aliphatic rings. The first kappa shape index (κ1) is 19.2. The van der Waals surface area contributed by atoms with Gasteiger partial charge in [-0.1, -0.05) is 35.3 Å². The van der Waals surface area contributed by atoms with E-state index in [0.717, 1.165) is 26.4 Å². The SMILES string of the molecule is O=C(O)CC1(C(=O)NCc2nc3ccccc3s2)Cc2cc(Cl)c(Cl)cc2C1. The Morgan fingerprint density at radius 1 is 1.14 bits per heavy atom. The third kappa shape index (κ3) is 3.60. The molecule has 0 saturated carbocycles. The minimum Gasteiger partial charge on any atom is -0.481 e. The number of rotatable bonds is 5. The van der Waals surface area contributed by atoms with Crippen LogP contribution < -0.4 is 5.32 Å². The maximum Gasteiger partial charge on any atom is 0.304 e. The molecular formula is C20H16Cl2N2O3S. The number of thiazole rings is 1. The van der Waals surface area contributed by atoms with Gasteiger partial charge in [0.1, 0.15) is 5.01 Å². The highest BCUT2D eigenvalue weighted by molar-refractivity contribution is 7.18. The van der Waals surface area contributed by atoms with Crippen molar-refractivity contribution in [2.24, 2.45) is 5.41 Å². The lowest BCUT2D eigenvalue weighted by atomic mass is 9.80. The number of hydrogen-bond acceptors (Lipinski definition) is 4. The van der Waals surface area contributed by atoms with Crippen molar-refractivity contribution in [2.75, 3.05) is 0 Å². The highest BCUT2D eigenvalue weighted by Crippen LogP contribution is 2.43. The fraction of sp³-hybridized carbons (Fsp3) is 0.250. The lowest BCUT2D eigenvalue weighted by Crippen LogP contribution is -2.43. The van der Waals surface area contributed by atoms with Crippen LogP contribution >= 0.6 is 34.5 Å². The van der Waals surface area contributed by atoms with Crippen molar-refractivity contribution in [3.8, 4) is 0 Å². The zero-order valence-electron chi connectivity index (χ0n) is 14.7. The van der Waals surface area contributed by atoms with E-state index >= 15 is 0 Å². The molecule has 8 heteroatoms. The van der Waals surface area contributed by atoms with E-state index in [0.29, 0.717) is 22.9 Å². The third-order valence-electron chi connectivity index (χ3n) is 5.01. The Morgan fingerprint density at radius 2 is 1.79 bits per heavy atom. The molecule has 4 rings (SSSR count). The van der Waals surface area contributed by atoms with E-state index in [9.17, 15) is 14.7 Å². The summed E-state index contributed by atoms with van der Waals surface area (Å²) in [6, 6.07) is 11.2. The fourth-order valence-corrected chi connectivity index (χ4v) is 5.02. The largest absolute Gasteiger partial charge is 0.481 e. The maximum atomic E-state index is 13.1. The molecule has 3 aromatic rings. The molecule has 2 N–H and O–H groups in total. The van der Waals surface area contributed by atoms with Crippen molar-refractivity contribution in [2.45, 2.75) is 25.8 Å². The van der Waals surface area contributed by atoms with E-state index in [1.54, 1.807) is 12.1 Å². The molecule has 5 nitrogen and oxygen atoms in total. The average molecular weight is 435 g/mol. The molecule has 1 heterocycles. The van der Waals surface area contributed by atoms with Gasteiger partial charge in [0.2, 0.25) is 5.91 Å². The average Bonchev–Trinajstić information content (AvgIpc) is 3.20. The fourth-order valence-electron chi connectivity index (χ4n) is 3.74. The Morgan fingerprint density at radius 3 is 2.39 bits per heavy atom. The van der Waals surface area contributed by atoms with Crippen LogP contribution in [0.15, 0.2) is 36.4 Å². The number of para-hydroxylation sites is 1. The summed E-state index contributed by atoms with van der Waals surface area (Å²) in [5.41, 5.74) is 1.56. The number of nitrogens with zero attached hydrogens (tertiary/aromatic N) is 1. The molecular weight excluding hydrogens is 419 g/mol. The molecule has 1 aliphatic carbocycles. The number of carbonyl (C=O) groups excluding carboxylic acids is 1. The predicted octanol–water partition coefficient (Wildman–Crippen LogP) is 4.48. The Bertz CT molecular complexity index is 1030. The third-order valence-corrected chi connectivity index (χ3v) is 6.77. The summed E-state index contributed by atoms with van der Waals surface area (Å²) in [5.74, 6) is -1.31. The standard InChI is InChI=1S/C20H16Cl2N2O3S/c21-13-5-11-7-20(9-18(25)26,8-12(11)6-14(13)22)19(27)23-10-17-24-15-3-1-2-4-16(15)28-17/h1-6H,7-10H2,(H,23,27)(H,25,26). The quantitative estimate of drug-likeness (QED) is 0.620. The first-order chi connectivity index (χ1) is 13.4. The van der Waals surface area contributed by atoms with Gasteiger partial charge in [-0.3, -0.25) is 9.59 Å². The van der Waals surface area contributed by atoms with Crippen LogP contribution in [0.5, 0.6) is 0 Å². The first-order valence-corrected chi connectivity index (χ1v) is 10.2. The van der Waals surface area contributed by atoms with Crippen molar-refractivity contribution < 1.29 is 14.7 Å². The molecule has 0 radical (unpaired) electrons. The number of aliphatic carboxylic acids is 1. The predicted molar refractivity (Wildman–Crippen MR) is 110 cm³/mol. The van der Waals surface area contributed by atoms with Gasteiger partial charge < -0.3 is 10.4 Å². The molecule has 2 aromatic carbocycles. The molecule has 0 atom stereocenters. The zero-order valence-corrected chi connectivity index (χ0v) is 17.0. The van der Waals surface area contributed by atoms with Crippen molar-refractivity contribution in [1.82, 2.24) is 10.3 Å². The van der Waals surface area contributed by atoms with Crippen molar-refractivity contribution in [3.05, 3.63) is 62.6 Å². The lowest BCUT2D eigenvalue weighted by molar-refractivity contribution is -0.145. The number of halogens is 2. The van der Waals surface area contributed by atoms with Crippen LogP contribution in [0.2, 0.25) is 10.0 Å². The molecule has 0 bridgehead atoms. The molecule has 0 fully saturated rings. The van der Waals surface area contributed by atoms with E-state index in [1.807, 2.05) is 24.3 Å². The molecule has 28 heavy (non-hydrogen) atoms. The number of nitrogens with one attached hydrogen (secondary N) is 1. The lowest BCUT2D eigenvalue weighted by Gasteiger charge is -2.25. The number of hydrogen-bond donors (Lipinski definition) is 2. The van der Waals surface area contributed by atoms with Gasteiger partial charge in [-0.15, -0.1) is 11.3 Å². The summed E-state index contributed by atoms with van der Waals surface area (Å²) < 4.78 is 1.05. The smallest absolute Gasteiger partial charge is 0.304 e. The van der Waals surface area contributed by atoms with Gasteiger partial charge in [0.15, 0.2) is 0 Å². The second kappa shape index (κ2) is 7.35. The number of carbonyl (C=O) groups is 2. The number of amides is 1. The summed E-state index contributed by atoms with van der Waals surface area (Å²) >= 11 is 13.7. The second-order valence-corrected chi connectivity index (χ2v) is 8.93. The molecule has 1 aromatic heterocycles. The molecule has 0 spiro atoms. The van der Waals surface area contributed by atoms with Crippen LogP contribution in [-0.4, -0.2) is 22.0 Å². The Labute approximate surface area is 175 Å². The molecule has 1 amide bonds. The van der Waals surface area contributed by atoms with E-state index in [1.165, 1.54) is 11.3 Å². The van der Waals surface area contributed by atoms with Crippen LogP contribution in [0.4, 0.5) is 0 Å². The highest BCUT2D eigenvalue weighted by Gasteiger charge is 2.45. The zero-order chi connectivity index (χ0) is 19.9. The Kier molecular flexibility index (Phi) is 5.04. The van der Waals surface area contributed by atoms with Crippen LogP contribution in [0.1, 0.15) is 22.6 Å². The van der Waals surface area contributed by atoms with Gasteiger partial charge in [0, 0.05) is 0 Å². The minimum atomic E-state index is -1.06. The van der Waals surface area contributed by atoms with Gasteiger partial charge in [-0.2, -0.15) is 0 Å². The van der Waals surface area contributed by atoms with E-state index in [-0.39, 0.29) is 18.9 Å². The number of benzene rings is 2. The van der Waals surface area contributed by atoms with Gasteiger partial charge in [-0.05, 0) is 48.2 Å². The number of carboxylic acid groups (broad SMARTS) is 1. The molecule has 144 valence electrons. The molecule has 0 saturated heterocycles. The Hall–Kier alpha value is -2.15. The van der Waals surface area contributed by atoms with E-state index in [2.05, 4.69) is 10.3 Å². The second-order valence-electron chi connectivity index (χ2n) is 7.00. The van der Waals surface area contributed by atoms with Gasteiger partial charge >= 0.3 is 5.97 Å². The van der Waals surface area contributed by atoms with Crippen molar-refractivity contribution >= 4 is 56.6 Å². The summed E-state index contributed by atoms with van der Waals surface area (Å²) in [7, 11) is 0. The number of fused-ring (bicyclic) bond motifs is 2. The topological polar surface area (TPSA) is 79.3 Å². The monoisotopic (exact) mass is 434 g/mol. The van der Waals surface area contributed by atoms with Gasteiger partial charge in [0.25, 0.3) is 0 Å². The van der Waals surface area contributed by atoms with E-state index in [4.69, 9.17) is 23.2 Å². The summed E-state index contributed by atoms with van der Waals surface area (Å²) in [6.45, 7) is 0.261. The summed E-state index contributed by atoms with van der Waals surface area (Å²) in [5, 5.41) is 13.9. The summed E-state index contributed by atoms with van der Waals surface area (Å²) in [6.07, 6.45) is 0.372. The first-order valence-electron chi connectivity index (χ1n) is 8.68. The maximum absolute atomic E-state index is 13.1. The normalized spacial score (nSPS) is 14.8.